The largest absolute Gasteiger partial charge is 0.352 e. The molecule has 0 aliphatic rings. The van der Waals surface area contributed by atoms with Crippen LogP contribution in [0.2, 0.25) is 0 Å². The van der Waals surface area contributed by atoms with Crippen LogP contribution in [0.25, 0.3) is 0 Å². The molecule has 4 nitrogen and oxygen atoms in total. The Bertz CT molecular complexity index is 1030. The van der Waals surface area contributed by atoms with Crippen LogP contribution in [0, 0.1) is 11.7 Å². The zero-order valence-corrected chi connectivity index (χ0v) is 18.6. The SMILES string of the molecule is CC(C)CC(=O)N(Cc1ccc(F)cc1)c1cccc(CC(=O)NCc2ccccc2)c1. The van der Waals surface area contributed by atoms with E-state index >= 15 is 0 Å². The lowest BCUT2D eigenvalue weighted by Gasteiger charge is -2.24. The molecule has 0 aliphatic carbocycles. The molecule has 0 saturated heterocycles. The van der Waals surface area contributed by atoms with E-state index in [9.17, 15) is 14.0 Å². The molecule has 0 fully saturated rings. The summed E-state index contributed by atoms with van der Waals surface area (Å²) >= 11 is 0. The van der Waals surface area contributed by atoms with Crippen LogP contribution in [0.4, 0.5) is 10.1 Å². The molecule has 0 bridgehead atoms. The highest BCUT2D eigenvalue weighted by molar-refractivity contribution is 5.93. The number of amides is 2. The van der Waals surface area contributed by atoms with E-state index in [1.807, 2.05) is 68.4 Å². The Morgan fingerprint density at radius 1 is 0.875 bits per heavy atom. The van der Waals surface area contributed by atoms with E-state index in [-0.39, 0.29) is 30.0 Å². The Hall–Kier alpha value is -3.47. The van der Waals surface area contributed by atoms with Crippen molar-refractivity contribution in [3.05, 3.63) is 101 Å². The minimum Gasteiger partial charge on any atom is -0.352 e. The monoisotopic (exact) mass is 432 g/mol. The number of halogens is 1. The van der Waals surface area contributed by atoms with Gasteiger partial charge in [0.05, 0.1) is 13.0 Å². The molecular weight excluding hydrogens is 403 g/mol. The molecule has 1 N–H and O–H groups in total. The van der Waals surface area contributed by atoms with Gasteiger partial charge in [-0.25, -0.2) is 4.39 Å². The quantitative estimate of drug-likeness (QED) is 0.501. The lowest BCUT2D eigenvalue weighted by Crippen LogP contribution is -2.31. The number of nitrogens with zero attached hydrogens (tertiary/aromatic N) is 1. The molecular formula is C27H29FN2O2. The van der Waals surface area contributed by atoms with Gasteiger partial charge in [-0.05, 0) is 46.9 Å². The molecule has 0 radical (unpaired) electrons. The first-order chi connectivity index (χ1) is 15.4. The number of rotatable bonds is 9. The number of carbonyl (C=O) groups excluding carboxylic acids is 2. The summed E-state index contributed by atoms with van der Waals surface area (Å²) in [6.07, 6.45) is 0.631. The van der Waals surface area contributed by atoms with E-state index in [4.69, 9.17) is 0 Å². The average Bonchev–Trinajstić information content (AvgIpc) is 2.77. The Morgan fingerprint density at radius 3 is 2.25 bits per heavy atom. The maximum absolute atomic E-state index is 13.3. The van der Waals surface area contributed by atoms with Crippen LogP contribution in [0.5, 0.6) is 0 Å². The smallest absolute Gasteiger partial charge is 0.227 e. The highest BCUT2D eigenvalue weighted by Crippen LogP contribution is 2.22. The third-order valence-corrected chi connectivity index (χ3v) is 5.06. The third kappa shape index (κ3) is 7.05. The molecule has 0 saturated carbocycles. The van der Waals surface area contributed by atoms with Crippen molar-refractivity contribution in [1.82, 2.24) is 5.32 Å². The van der Waals surface area contributed by atoms with E-state index < -0.39 is 0 Å². The van der Waals surface area contributed by atoms with Crippen LogP contribution < -0.4 is 10.2 Å². The van der Waals surface area contributed by atoms with Crippen molar-refractivity contribution in [2.75, 3.05) is 4.90 Å². The number of hydrogen-bond acceptors (Lipinski definition) is 2. The van der Waals surface area contributed by atoms with Gasteiger partial charge in [-0.1, -0.05) is 68.4 Å². The second kappa shape index (κ2) is 11.2. The van der Waals surface area contributed by atoms with E-state index in [0.29, 0.717) is 19.5 Å². The Balaban J connectivity index is 1.73. The van der Waals surface area contributed by atoms with Crippen molar-refractivity contribution >= 4 is 17.5 Å². The van der Waals surface area contributed by atoms with Gasteiger partial charge in [0.2, 0.25) is 11.8 Å². The van der Waals surface area contributed by atoms with Gasteiger partial charge in [0.25, 0.3) is 0 Å². The maximum atomic E-state index is 13.3. The fraction of sp³-hybridized carbons (Fsp3) is 0.259. The lowest BCUT2D eigenvalue weighted by atomic mass is 10.1. The van der Waals surface area contributed by atoms with Gasteiger partial charge in [-0.2, -0.15) is 0 Å². The Kier molecular flexibility index (Phi) is 8.14. The highest BCUT2D eigenvalue weighted by atomic mass is 19.1. The van der Waals surface area contributed by atoms with Gasteiger partial charge in [0, 0.05) is 18.7 Å². The van der Waals surface area contributed by atoms with Crippen LogP contribution in [-0.4, -0.2) is 11.8 Å². The summed E-state index contributed by atoms with van der Waals surface area (Å²) in [5.74, 6) is -0.179. The summed E-state index contributed by atoms with van der Waals surface area (Å²) < 4.78 is 13.3. The third-order valence-electron chi connectivity index (χ3n) is 5.06. The lowest BCUT2D eigenvalue weighted by molar-refractivity contribution is -0.120. The van der Waals surface area contributed by atoms with Gasteiger partial charge in [-0.15, -0.1) is 0 Å². The van der Waals surface area contributed by atoms with Crippen molar-refractivity contribution in [2.24, 2.45) is 5.92 Å². The summed E-state index contributed by atoms with van der Waals surface area (Å²) in [7, 11) is 0. The second-order valence-corrected chi connectivity index (χ2v) is 8.31. The first kappa shape index (κ1) is 23.2. The topological polar surface area (TPSA) is 49.4 Å². The fourth-order valence-electron chi connectivity index (χ4n) is 3.43. The fourth-order valence-corrected chi connectivity index (χ4v) is 3.43. The molecule has 3 aromatic rings. The molecule has 3 aromatic carbocycles. The molecule has 2 amide bonds. The predicted molar refractivity (Wildman–Crippen MR) is 125 cm³/mol. The first-order valence-electron chi connectivity index (χ1n) is 10.8. The van der Waals surface area contributed by atoms with Gasteiger partial charge >= 0.3 is 0 Å². The summed E-state index contributed by atoms with van der Waals surface area (Å²) in [6, 6.07) is 23.4. The summed E-state index contributed by atoms with van der Waals surface area (Å²) in [5, 5.41) is 2.94. The Morgan fingerprint density at radius 2 is 1.56 bits per heavy atom. The highest BCUT2D eigenvalue weighted by Gasteiger charge is 2.18. The first-order valence-corrected chi connectivity index (χ1v) is 10.8. The number of carbonyl (C=O) groups is 2. The van der Waals surface area contributed by atoms with Crippen LogP contribution in [0.1, 0.15) is 37.0 Å². The van der Waals surface area contributed by atoms with E-state index in [0.717, 1.165) is 22.4 Å². The predicted octanol–water partition coefficient (Wildman–Crippen LogP) is 5.26. The van der Waals surface area contributed by atoms with Crippen molar-refractivity contribution in [1.29, 1.82) is 0 Å². The summed E-state index contributed by atoms with van der Waals surface area (Å²) in [6.45, 7) is 4.82. The van der Waals surface area contributed by atoms with Gasteiger partial charge < -0.3 is 10.2 Å². The van der Waals surface area contributed by atoms with E-state index in [2.05, 4.69) is 5.32 Å². The van der Waals surface area contributed by atoms with Gasteiger partial charge in [0.1, 0.15) is 5.82 Å². The van der Waals surface area contributed by atoms with Gasteiger partial charge in [0.15, 0.2) is 0 Å². The standard InChI is InChI=1S/C27H29FN2O2/c1-20(2)15-27(32)30(19-22-11-13-24(28)14-12-22)25-10-6-9-23(16-25)17-26(31)29-18-21-7-4-3-5-8-21/h3-14,16,20H,15,17-19H2,1-2H3,(H,29,31). The zero-order chi connectivity index (χ0) is 22.9. The van der Waals surface area contributed by atoms with Crippen LogP contribution in [0.3, 0.4) is 0 Å². The van der Waals surface area contributed by atoms with Crippen molar-refractivity contribution < 1.29 is 14.0 Å². The maximum Gasteiger partial charge on any atom is 0.227 e. The Labute approximate surface area is 189 Å². The molecule has 32 heavy (non-hydrogen) atoms. The van der Waals surface area contributed by atoms with Crippen molar-refractivity contribution in [3.8, 4) is 0 Å². The normalized spacial score (nSPS) is 10.8. The van der Waals surface area contributed by atoms with Crippen molar-refractivity contribution in [3.63, 3.8) is 0 Å². The van der Waals surface area contributed by atoms with Gasteiger partial charge in [-0.3, -0.25) is 9.59 Å². The number of hydrogen-bond donors (Lipinski definition) is 1. The van der Waals surface area contributed by atoms with Crippen LogP contribution in [-0.2, 0) is 29.1 Å². The summed E-state index contributed by atoms with van der Waals surface area (Å²) in [4.78, 5) is 27.1. The van der Waals surface area contributed by atoms with Crippen LogP contribution in [0.15, 0.2) is 78.9 Å². The van der Waals surface area contributed by atoms with E-state index in [1.54, 1.807) is 17.0 Å². The minimum atomic E-state index is -0.308. The molecule has 0 atom stereocenters. The molecule has 0 aliphatic heterocycles. The zero-order valence-electron chi connectivity index (χ0n) is 18.6. The molecule has 0 heterocycles. The number of benzene rings is 3. The molecule has 5 heteroatoms. The average molecular weight is 433 g/mol. The summed E-state index contributed by atoms with van der Waals surface area (Å²) in [5.41, 5.74) is 3.44. The molecule has 0 aromatic heterocycles. The number of nitrogens with one attached hydrogen (secondary N) is 1. The molecule has 166 valence electrons. The molecule has 3 rings (SSSR count). The number of anilines is 1. The minimum absolute atomic E-state index is 0.00463. The van der Waals surface area contributed by atoms with E-state index in [1.165, 1.54) is 12.1 Å². The van der Waals surface area contributed by atoms with Crippen molar-refractivity contribution in [2.45, 2.75) is 39.8 Å². The molecule has 0 unspecified atom stereocenters. The molecule has 0 spiro atoms. The van der Waals surface area contributed by atoms with Crippen LogP contribution >= 0.6 is 0 Å². The second-order valence-electron chi connectivity index (χ2n) is 8.31.